The molecule has 2 rings (SSSR count). The van der Waals surface area contributed by atoms with E-state index in [4.69, 9.17) is 0 Å². The van der Waals surface area contributed by atoms with Gasteiger partial charge in [0.1, 0.15) is 0 Å². The van der Waals surface area contributed by atoms with Crippen LogP contribution in [0.5, 0.6) is 0 Å². The molecule has 124 valence electrons. The topological polar surface area (TPSA) is 6.48 Å². The third-order valence-corrected chi connectivity index (χ3v) is 6.30. The van der Waals surface area contributed by atoms with Gasteiger partial charge in [-0.05, 0) is 52.0 Å². The van der Waals surface area contributed by atoms with E-state index in [1.54, 1.807) is 0 Å². The van der Waals surface area contributed by atoms with Gasteiger partial charge in [0.15, 0.2) is 0 Å². The minimum atomic E-state index is -0.377. The normalized spacial score (nSPS) is 10.6. The summed E-state index contributed by atoms with van der Waals surface area (Å²) in [4.78, 5) is 4.79. The van der Waals surface area contributed by atoms with Crippen LogP contribution in [-0.4, -0.2) is 35.7 Å². The molecule has 0 spiro atoms. The number of anilines is 2. The first-order valence-corrected chi connectivity index (χ1v) is 10.3. The quantitative estimate of drug-likeness (QED) is 0.688. The summed E-state index contributed by atoms with van der Waals surface area (Å²) in [5.74, 6) is 0. The molecule has 0 radical (unpaired) electrons. The first-order valence-electron chi connectivity index (χ1n) is 8.89. The van der Waals surface area contributed by atoms with Crippen LogP contribution < -0.4 is 20.2 Å². The van der Waals surface area contributed by atoms with Crippen molar-refractivity contribution in [2.24, 2.45) is 0 Å². The van der Waals surface area contributed by atoms with Gasteiger partial charge in [-0.15, -0.1) is 0 Å². The van der Waals surface area contributed by atoms with Gasteiger partial charge in [0.25, 0.3) is 0 Å². The van der Waals surface area contributed by atoms with E-state index in [0.29, 0.717) is 0 Å². The van der Waals surface area contributed by atoms with Crippen molar-refractivity contribution < 1.29 is 0 Å². The van der Waals surface area contributed by atoms with E-state index in [9.17, 15) is 0 Å². The molecule has 0 aliphatic heterocycles. The zero-order valence-corrected chi connectivity index (χ0v) is 16.5. The van der Waals surface area contributed by atoms with E-state index in [-0.39, 0.29) is 9.52 Å². The largest absolute Gasteiger partial charge is 0.372 e. The van der Waals surface area contributed by atoms with E-state index in [0.717, 1.165) is 26.2 Å². The van der Waals surface area contributed by atoms with Gasteiger partial charge in [0.05, 0.1) is 9.52 Å². The molecule has 0 saturated carbocycles. The molecule has 2 nitrogen and oxygen atoms in total. The van der Waals surface area contributed by atoms with Gasteiger partial charge in [-0.3, -0.25) is 0 Å². The summed E-state index contributed by atoms with van der Waals surface area (Å²) in [7, 11) is -0.377. The summed E-state index contributed by atoms with van der Waals surface area (Å²) in [5, 5.41) is 3.02. The Labute approximate surface area is 144 Å². The van der Waals surface area contributed by atoms with E-state index in [1.807, 2.05) is 0 Å². The standard InChI is InChI=1S/C20H30N2Si/c1-5-21(6-2)17-9-13-19(14-10-17)23-20-15-11-18(12-16-20)22(7-3)8-4/h9-16H,5-8,23H2,1-4H3. The van der Waals surface area contributed by atoms with Gasteiger partial charge >= 0.3 is 0 Å². The maximum absolute atomic E-state index is 2.39. The second-order valence-electron chi connectivity index (χ2n) is 5.85. The zero-order valence-electron chi connectivity index (χ0n) is 15.0. The van der Waals surface area contributed by atoms with Crippen LogP contribution in [0.2, 0.25) is 0 Å². The lowest BCUT2D eigenvalue weighted by Crippen LogP contribution is -2.28. The van der Waals surface area contributed by atoms with Crippen LogP contribution in [0.1, 0.15) is 27.7 Å². The Morgan fingerprint density at radius 1 is 0.565 bits per heavy atom. The number of hydrogen-bond acceptors (Lipinski definition) is 2. The lowest BCUT2D eigenvalue weighted by atomic mass is 10.3. The van der Waals surface area contributed by atoms with Crippen molar-refractivity contribution >= 4 is 31.3 Å². The van der Waals surface area contributed by atoms with Crippen LogP contribution in [0.4, 0.5) is 11.4 Å². The van der Waals surface area contributed by atoms with Crippen molar-refractivity contribution in [2.75, 3.05) is 36.0 Å². The second kappa shape index (κ2) is 8.78. The zero-order chi connectivity index (χ0) is 16.7. The number of benzene rings is 2. The fourth-order valence-corrected chi connectivity index (χ4v) is 4.48. The molecule has 2 aromatic carbocycles. The molecule has 23 heavy (non-hydrogen) atoms. The van der Waals surface area contributed by atoms with Gasteiger partial charge in [-0.1, -0.05) is 34.6 Å². The highest BCUT2D eigenvalue weighted by Gasteiger charge is 2.04. The highest BCUT2D eigenvalue weighted by atomic mass is 28.2. The van der Waals surface area contributed by atoms with Gasteiger partial charge in [0.2, 0.25) is 0 Å². The molecule has 0 amide bonds. The molecule has 0 unspecified atom stereocenters. The van der Waals surface area contributed by atoms with Crippen molar-refractivity contribution in [3.63, 3.8) is 0 Å². The van der Waals surface area contributed by atoms with Crippen LogP contribution >= 0.6 is 0 Å². The van der Waals surface area contributed by atoms with Crippen molar-refractivity contribution in [3.05, 3.63) is 48.5 Å². The smallest absolute Gasteiger partial charge is 0.0875 e. The molecule has 0 saturated heterocycles. The summed E-state index contributed by atoms with van der Waals surface area (Å²) in [5.41, 5.74) is 2.68. The Kier molecular flexibility index (Phi) is 6.72. The van der Waals surface area contributed by atoms with Crippen molar-refractivity contribution in [1.82, 2.24) is 0 Å². The summed E-state index contributed by atoms with van der Waals surface area (Å²) in [6, 6.07) is 18.4. The molecule has 0 bridgehead atoms. The number of hydrogen-bond donors (Lipinski definition) is 0. The molecule has 0 aliphatic rings. The second-order valence-corrected chi connectivity index (χ2v) is 7.84. The minimum Gasteiger partial charge on any atom is -0.372 e. The number of nitrogens with zero attached hydrogens (tertiary/aromatic N) is 2. The van der Waals surface area contributed by atoms with Gasteiger partial charge in [-0.2, -0.15) is 0 Å². The average Bonchev–Trinajstić information content (AvgIpc) is 2.60. The van der Waals surface area contributed by atoms with Crippen LogP contribution in [-0.2, 0) is 0 Å². The van der Waals surface area contributed by atoms with E-state index in [1.165, 1.54) is 21.7 Å². The molecular weight excluding hydrogens is 296 g/mol. The van der Waals surface area contributed by atoms with Crippen LogP contribution in [0.15, 0.2) is 48.5 Å². The first-order chi connectivity index (χ1) is 11.2. The summed E-state index contributed by atoms with van der Waals surface area (Å²) in [6.07, 6.45) is 0. The Morgan fingerprint density at radius 3 is 1.13 bits per heavy atom. The number of rotatable bonds is 8. The first kappa shape index (κ1) is 17.6. The maximum atomic E-state index is 2.39. The van der Waals surface area contributed by atoms with Crippen LogP contribution in [0.25, 0.3) is 0 Å². The van der Waals surface area contributed by atoms with Gasteiger partial charge < -0.3 is 9.80 Å². The molecule has 0 aliphatic carbocycles. The van der Waals surface area contributed by atoms with E-state index >= 15 is 0 Å². The van der Waals surface area contributed by atoms with Crippen LogP contribution in [0, 0.1) is 0 Å². The highest BCUT2D eigenvalue weighted by molar-refractivity contribution is 6.67. The Balaban J connectivity index is 2.04. The third-order valence-electron chi connectivity index (χ3n) is 4.54. The van der Waals surface area contributed by atoms with Crippen molar-refractivity contribution in [2.45, 2.75) is 27.7 Å². The summed E-state index contributed by atoms with van der Waals surface area (Å²) < 4.78 is 0. The Bertz CT molecular complexity index is 516. The molecule has 0 heterocycles. The molecule has 0 N–H and O–H groups in total. The Hall–Kier alpha value is -1.74. The molecule has 0 fully saturated rings. The third kappa shape index (κ3) is 4.61. The average molecular weight is 327 g/mol. The van der Waals surface area contributed by atoms with Gasteiger partial charge in [0, 0.05) is 37.6 Å². The minimum absolute atomic E-state index is 0.377. The van der Waals surface area contributed by atoms with Gasteiger partial charge in [-0.25, -0.2) is 0 Å². The van der Waals surface area contributed by atoms with E-state index < -0.39 is 0 Å². The molecule has 2 aromatic rings. The molecule has 0 atom stereocenters. The molecule has 0 aromatic heterocycles. The fourth-order valence-electron chi connectivity index (χ4n) is 3.06. The SMILES string of the molecule is CCN(CC)c1ccc([SiH2]c2ccc(N(CC)CC)cc2)cc1. The lowest BCUT2D eigenvalue weighted by Gasteiger charge is -2.21. The monoisotopic (exact) mass is 326 g/mol. The summed E-state index contributed by atoms with van der Waals surface area (Å²) in [6.45, 7) is 13.1. The van der Waals surface area contributed by atoms with Crippen LogP contribution in [0.3, 0.4) is 0 Å². The van der Waals surface area contributed by atoms with Crippen molar-refractivity contribution in [1.29, 1.82) is 0 Å². The highest BCUT2D eigenvalue weighted by Crippen LogP contribution is 2.12. The predicted molar refractivity (Wildman–Crippen MR) is 108 cm³/mol. The maximum Gasteiger partial charge on any atom is 0.0875 e. The van der Waals surface area contributed by atoms with E-state index in [2.05, 4.69) is 86.0 Å². The molecular formula is C20H30N2Si. The molecule has 3 heteroatoms. The Morgan fingerprint density at radius 2 is 0.870 bits per heavy atom. The predicted octanol–water partition coefficient (Wildman–Crippen LogP) is 2.50. The fraction of sp³-hybridized carbons (Fsp3) is 0.400. The van der Waals surface area contributed by atoms with Crippen molar-refractivity contribution in [3.8, 4) is 0 Å². The summed E-state index contributed by atoms with van der Waals surface area (Å²) >= 11 is 0. The lowest BCUT2D eigenvalue weighted by molar-refractivity contribution is 0.866.